The molecule has 242 valence electrons. The first kappa shape index (κ1) is 29.4. The first-order chi connectivity index (χ1) is 25.8. The molecule has 0 unspecified atom stereocenters. The van der Waals surface area contributed by atoms with E-state index < -0.39 is 5.41 Å². The van der Waals surface area contributed by atoms with Gasteiger partial charge in [-0.15, -0.1) is 11.3 Å². The van der Waals surface area contributed by atoms with Gasteiger partial charge in [0.2, 0.25) is 0 Å². The summed E-state index contributed by atoms with van der Waals surface area (Å²) in [6.07, 6.45) is 0. The summed E-state index contributed by atoms with van der Waals surface area (Å²) in [5, 5.41) is 8.55. The molecule has 2 heteroatoms. The lowest BCUT2D eigenvalue weighted by Gasteiger charge is -2.34. The van der Waals surface area contributed by atoms with Crippen LogP contribution in [0.4, 0.5) is 0 Å². The first-order valence-corrected chi connectivity index (χ1v) is 18.7. The molecule has 0 amide bonds. The minimum Gasteiger partial charge on any atom is -0.236 e. The van der Waals surface area contributed by atoms with Gasteiger partial charge < -0.3 is 0 Å². The molecule has 0 N–H and O–H groups in total. The zero-order valence-electron chi connectivity index (χ0n) is 28.3. The third kappa shape index (κ3) is 4.25. The van der Waals surface area contributed by atoms with Gasteiger partial charge in [0, 0.05) is 10.9 Å². The fourth-order valence-corrected chi connectivity index (χ4v) is 9.90. The largest absolute Gasteiger partial charge is 0.236 e. The Labute approximate surface area is 306 Å². The second-order valence-corrected chi connectivity index (χ2v) is 14.9. The summed E-state index contributed by atoms with van der Waals surface area (Å²) < 4.78 is 1.24. The van der Waals surface area contributed by atoms with Crippen molar-refractivity contribution in [1.29, 1.82) is 0 Å². The Balaban J connectivity index is 1.12. The summed E-state index contributed by atoms with van der Waals surface area (Å²) in [5.74, 6) is 0. The highest BCUT2D eigenvalue weighted by atomic mass is 32.1. The van der Waals surface area contributed by atoms with Gasteiger partial charge in [0.15, 0.2) is 0 Å². The molecule has 0 saturated heterocycles. The van der Waals surface area contributed by atoms with E-state index >= 15 is 0 Å². The predicted molar refractivity (Wildman–Crippen MR) is 220 cm³/mol. The molecule has 0 spiro atoms. The van der Waals surface area contributed by atoms with Crippen molar-refractivity contribution in [2.45, 2.75) is 5.41 Å². The highest BCUT2D eigenvalue weighted by Gasteiger charge is 2.46. The molecule has 52 heavy (non-hydrogen) atoms. The maximum atomic E-state index is 5.18. The highest BCUT2D eigenvalue weighted by Crippen LogP contribution is 2.56. The summed E-state index contributed by atoms with van der Waals surface area (Å²) in [7, 11) is 0. The van der Waals surface area contributed by atoms with Crippen LogP contribution in [0.1, 0.15) is 22.3 Å². The van der Waals surface area contributed by atoms with Gasteiger partial charge in [-0.1, -0.05) is 164 Å². The number of hydrogen-bond acceptors (Lipinski definition) is 2. The smallest absolute Gasteiger partial charge is 0.124 e. The molecule has 9 aromatic carbocycles. The van der Waals surface area contributed by atoms with Crippen LogP contribution < -0.4 is 0 Å². The summed E-state index contributed by atoms with van der Waals surface area (Å²) >= 11 is 1.80. The third-order valence-corrected chi connectivity index (χ3v) is 12.3. The molecule has 0 fully saturated rings. The van der Waals surface area contributed by atoms with Crippen molar-refractivity contribution in [3.05, 3.63) is 210 Å². The van der Waals surface area contributed by atoms with Crippen molar-refractivity contribution in [2.24, 2.45) is 0 Å². The van der Waals surface area contributed by atoms with Gasteiger partial charge in [-0.3, -0.25) is 0 Å². The van der Waals surface area contributed by atoms with Gasteiger partial charge in [0.1, 0.15) is 5.01 Å². The van der Waals surface area contributed by atoms with Gasteiger partial charge in [-0.25, -0.2) is 4.98 Å². The Hall–Kier alpha value is -6.35. The fraction of sp³-hybridized carbons (Fsp3) is 0.0200. The lowest BCUT2D eigenvalue weighted by molar-refractivity contribution is 0.769. The topological polar surface area (TPSA) is 12.9 Å². The van der Waals surface area contributed by atoms with Crippen LogP contribution in [0.15, 0.2) is 188 Å². The minimum absolute atomic E-state index is 0.429. The van der Waals surface area contributed by atoms with Gasteiger partial charge in [0.25, 0.3) is 0 Å². The van der Waals surface area contributed by atoms with Crippen LogP contribution in [-0.4, -0.2) is 4.98 Å². The number of benzene rings is 9. The third-order valence-electron chi connectivity index (χ3n) is 11.1. The van der Waals surface area contributed by atoms with Gasteiger partial charge in [-0.05, 0) is 95.7 Å². The van der Waals surface area contributed by atoms with Crippen LogP contribution in [0.25, 0.3) is 75.4 Å². The van der Waals surface area contributed by atoms with E-state index in [2.05, 4.69) is 188 Å². The number of thiazole rings is 1. The number of fused-ring (bicyclic) bond motifs is 9. The molecular formula is C50H31NS. The second-order valence-electron chi connectivity index (χ2n) is 13.9. The first-order valence-electron chi connectivity index (χ1n) is 17.9. The molecule has 11 rings (SSSR count). The molecule has 0 aliphatic heterocycles. The molecule has 10 aromatic rings. The van der Waals surface area contributed by atoms with Crippen LogP contribution in [0.5, 0.6) is 0 Å². The predicted octanol–water partition coefficient (Wildman–Crippen LogP) is 13.5. The number of hydrogen-bond donors (Lipinski definition) is 0. The van der Waals surface area contributed by atoms with E-state index in [4.69, 9.17) is 4.98 Å². The highest BCUT2D eigenvalue weighted by molar-refractivity contribution is 7.22. The van der Waals surface area contributed by atoms with E-state index in [1.807, 2.05) is 0 Å². The van der Waals surface area contributed by atoms with Crippen molar-refractivity contribution in [2.75, 3.05) is 0 Å². The molecule has 0 bridgehead atoms. The molecule has 1 nitrogen and oxygen atoms in total. The van der Waals surface area contributed by atoms with Crippen LogP contribution in [0.3, 0.4) is 0 Å². The van der Waals surface area contributed by atoms with Gasteiger partial charge in [-0.2, -0.15) is 0 Å². The van der Waals surface area contributed by atoms with E-state index in [9.17, 15) is 0 Å². The molecule has 0 atom stereocenters. The number of rotatable bonds is 4. The van der Waals surface area contributed by atoms with Crippen LogP contribution in [-0.2, 0) is 5.41 Å². The summed E-state index contributed by atoms with van der Waals surface area (Å²) in [6, 6.07) is 69.3. The molecule has 0 radical (unpaired) electrons. The monoisotopic (exact) mass is 677 g/mol. The summed E-state index contributed by atoms with van der Waals surface area (Å²) in [6.45, 7) is 0. The molecule has 1 aliphatic carbocycles. The molecular weight excluding hydrogens is 647 g/mol. The van der Waals surface area contributed by atoms with Crippen molar-refractivity contribution < 1.29 is 0 Å². The van der Waals surface area contributed by atoms with Crippen LogP contribution in [0, 0.1) is 0 Å². The van der Waals surface area contributed by atoms with Crippen LogP contribution in [0.2, 0.25) is 0 Å². The summed E-state index contributed by atoms with van der Waals surface area (Å²) in [4.78, 5) is 5.18. The Morgan fingerprint density at radius 3 is 1.83 bits per heavy atom. The Kier molecular flexibility index (Phi) is 6.40. The van der Waals surface area contributed by atoms with E-state index in [1.165, 1.54) is 81.5 Å². The lowest BCUT2D eigenvalue weighted by atomic mass is 9.67. The molecule has 1 heterocycles. The van der Waals surface area contributed by atoms with Crippen molar-refractivity contribution >= 4 is 53.9 Å². The average Bonchev–Trinajstić information content (AvgIpc) is 3.79. The van der Waals surface area contributed by atoms with E-state index in [0.29, 0.717) is 0 Å². The lowest BCUT2D eigenvalue weighted by Crippen LogP contribution is -2.28. The maximum Gasteiger partial charge on any atom is 0.124 e. The quantitative estimate of drug-likeness (QED) is 0.169. The zero-order valence-corrected chi connectivity index (χ0v) is 29.1. The van der Waals surface area contributed by atoms with Crippen molar-refractivity contribution in [3.63, 3.8) is 0 Å². The standard InChI is InChI=1S/C50H31NS/c1-3-13-39(14-4-1)50(40-15-5-2-6-16-40)44-18-10-9-17-41(44)42-27-25-37(31-45(42)50)36-23-21-33-20-22-34-26-28-46-48(47(34)43(33)30-36)52-49(51-46)38-24-19-32-11-7-8-12-35(32)29-38/h1-31H. The van der Waals surface area contributed by atoms with Gasteiger partial charge in [0.05, 0.1) is 15.6 Å². The fourth-order valence-electron chi connectivity index (χ4n) is 8.77. The molecule has 1 aromatic heterocycles. The van der Waals surface area contributed by atoms with E-state index in [-0.39, 0.29) is 0 Å². The Morgan fingerprint density at radius 1 is 0.404 bits per heavy atom. The Morgan fingerprint density at radius 2 is 1.00 bits per heavy atom. The van der Waals surface area contributed by atoms with Crippen LogP contribution >= 0.6 is 11.3 Å². The second kappa shape index (κ2) is 11.3. The molecule has 1 aliphatic rings. The van der Waals surface area contributed by atoms with Crippen molar-refractivity contribution in [3.8, 4) is 32.8 Å². The van der Waals surface area contributed by atoms with Gasteiger partial charge >= 0.3 is 0 Å². The Bertz CT molecular complexity index is 2970. The average molecular weight is 678 g/mol. The summed E-state index contributed by atoms with van der Waals surface area (Å²) in [5.41, 5.74) is 12.0. The van der Waals surface area contributed by atoms with E-state index in [1.54, 1.807) is 11.3 Å². The van der Waals surface area contributed by atoms with Crippen molar-refractivity contribution in [1.82, 2.24) is 4.98 Å². The van der Waals surface area contributed by atoms with E-state index in [0.717, 1.165) is 16.1 Å². The zero-order chi connectivity index (χ0) is 34.2. The number of nitrogens with zero attached hydrogens (tertiary/aromatic N) is 1. The molecule has 0 saturated carbocycles. The minimum atomic E-state index is -0.429. The number of aromatic nitrogens is 1. The maximum absolute atomic E-state index is 5.18. The normalized spacial score (nSPS) is 13.2. The SMILES string of the molecule is c1ccc(C2(c3ccccc3)c3ccccc3-c3ccc(-c4ccc5ccc6ccc7nc(-c8ccc9ccccc9c8)sc7c6c5c4)cc32)cc1.